The maximum Gasteiger partial charge on any atom is 0.119 e. The summed E-state index contributed by atoms with van der Waals surface area (Å²) in [5.74, 6) is 0.905. The van der Waals surface area contributed by atoms with E-state index < -0.39 is 0 Å². The van der Waals surface area contributed by atoms with E-state index in [-0.39, 0.29) is 12.1 Å². The summed E-state index contributed by atoms with van der Waals surface area (Å²) in [4.78, 5) is 0. The average molecular weight is 295 g/mol. The van der Waals surface area contributed by atoms with Crippen LogP contribution in [0, 0.1) is 0 Å². The first-order chi connectivity index (χ1) is 10.2. The number of hydrogen-bond donors (Lipinski definition) is 1. The molecule has 1 atom stereocenters. The van der Waals surface area contributed by atoms with Crippen LogP contribution in [0.4, 0.5) is 0 Å². The first-order valence-corrected chi connectivity index (χ1v) is 7.82. The Balaban J connectivity index is 2.44. The van der Waals surface area contributed by atoms with E-state index in [1.54, 1.807) is 0 Å². The fourth-order valence-electron chi connectivity index (χ4n) is 2.03. The van der Waals surface area contributed by atoms with Gasteiger partial charge in [0.1, 0.15) is 5.75 Å². The molecule has 1 rings (SSSR count). The molecule has 0 amide bonds. The maximum absolute atomic E-state index is 5.71. The summed E-state index contributed by atoms with van der Waals surface area (Å²) in [6.07, 6.45) is 0.254. The molecule has 0 radical (unpaired) electrons. The second-order valence-electron chi connectivity index (χ2n) is 5.11. The van der Waals surface area contributed by atoms with Crippen LogP contribution in [0.15, 0.2) is 24.3 Å². The molecule has 0 saturated carbocycles. The van der Waals surface area contributed by atoms with Gasteiger partial charge in [-0.15, -0.1) is 0 Å². The first kappa shape index (κ1) is 18.0. The highest BCUT2D eigenvalue weighted by Gasteiger charge is 2.10. The monoisotopic (exact) mass is 295 g/mol. The molecular formula is C17H29NO3. The SMILES string of the molecule is CCNC(COCCOC(C)C)c1ccc(OCC)cc1. The second-order valence-corrected chi connectivity index (χ2v) is 5.11. The lowest BCUT2D eigenvalue weighted by molar-refractivity contribution is 0.0138. The maximum atomic E-state index is 5.71. The molecule has 0 aromatic heterocycles. The lowest BCUT2D eigenvalue weighted by atomic mass is 10.1. The number of hydrogen-bond acceptors (Lipinski definition) is 4. The molecule has 0 saturated heterocycles. The Morgan fingerprint density at radius 3 is 2.33 bits per heavy atom. The van der Waals surface area contributed by atoms with Crippen molar-refractivity contribution in [1.82, 2.24) is 5.32 Å². The van der Waals surface area contributed by atoms with E-state index in [0.717, 1.165) is 12.3 Å². The number of likely N-dealkylation sites (N-methyl/N-ethyl adjacent to an activating group) is 1. The standard InChI is InChI=1S/C17H29NO3/c1-5-18-17(13-19-11-12-21-14(3)4)15-7-9-16(10-8-15)20-6-2/h7-10,14,17-18H,5-6,11-13H2,1-4H3. The molecule has 0 spiro atoms. The van der Waals surface area contributed by atoms with Crippen molar-refractivity contribution in [2.45, 2.75) is 39.8 Å². The number of benzene rings is 1. The van der Waals surface area contributed by atoms with E-state index in [4.69, 9.17) is 14.2 Å². The molecule has 1 N–H and O–H groups in total. The van der Waals surface area contributed by atoms with Crippen LogP contribution in [0.25, 0.3) is 0 Å². The largest absolute Gasteiger partial charge is 0.494 e. The highest BCUT2D eigenvalue weighted by atomic mass is 16.5. The number of ether oxygens (including phenoxy) is 3. The number of nitrogens with one attached hydrogen (secondary N) is 1. The fraction of sp³-hybridized carbons (Fsp3) is 0.647. The fourth-order valence-corrected chi connectivity index (χ4v) is 2.03. The zero-order valence-electron chi connectivity index (χ0n) is 13.7. The van der Waals surface area contributed by atoms with Crippen LogP contribution < -0.4 is 10.1 Å². The Morgan fingerprint density at radius 1 is 1.05 bits per heavy atom. The summed E-state index contributed by atoms with van der Waals surface area (Å²) in [6, 6.07) is 8.39. The predicted molar refractivity (Wildman–Crippen MR) is 85.9 cm³/mol. The minimum atomic E-state index is 0.199. The molecule has 1 aromatic rings. The third kappa shape index (κ3) is 7.46. The van der Waals surface area contributed by atoms with Gasteiger partial charge in [-0.25, -0.2) is 0 Å². The Hall–Kier alpha value is -1.10. The molecule has 0 aliphatic carbocycles. The molecule has 120 valence electrons. The molecule has 0 aliphatic heterocycles. The molecular weight excluding hydrogens is 266 g/mol. The van der Waals surface area contributed by atoms with Gasteiger partial charge in [0.25, 0.3) is 0 Å². The van der Waals surface area contributed by atoms with E-state index in [9.17, 15) is 0 Å². The third-order valence-corrected chi connectivity index (χ3v) is 3.01. The van der Waals surface area contributed by atoms with E-state index in [1.165, 1.54) is 5.56 Å². The summed E-state index contributed by atoms with van der Waals surface area (Å²) < 4.78 is 16.6. The van der Waals surface area contributed by atoms with E-state index >= 15 is 0 Å². The minimum Gasteiger partial charge on any atom is -0.494 e. The predicted octanol–water partition coefficient (Wildman–Crippen LogP) is 3.18. The van der Waals surface area contributed by atoms with Gasteiger partial charge in [0.15, 0.2) is 0 Å². The van der Waals surface area contributed by atoms with Crippen molar-refractivity contribution in [3.05, 3.63) is 29.8 Å². The summed E-state index contributed by atoms with van der Waals surface area (Å²) >= 11 is 0. The van der Waals surface area contributed by atoms with Crippen molar-refractivity contribution in [3.8, 4) is 5.75 Å². The van der Waals surface area contributed by atoms with Crippen LogP contribution in [0.1, 0.15) is 39.3 Å². The summed E-state index contributed by atoms with van der Waals surface area (Å²) in [6.45, 7) is 11.6. The molecule has 1 unspecified atom stereocenters. The van der Waals surface area contributed by atoms with Gasteiger partial charge in [-0.3, -0.25) is 0 Å². The molecule has 0 fully saturated rings. The van der Waals surface area contributed by atoms with Crippen LogP contribution in [0.3, 0.4) is 0 Å². The van der Waals surface area contributed by atoms with Gasteiger partial charge in [0.2, 0.25) is 0 Å². The van der Waals surface area contributed by atoms with E-state index in [1.807, 2.05) is 32.9 Å². The normalized spacial score (nSPS) is 12.6. The summed E-state index contributed by atoms with van der Waals surface area (Å²) in [5.41, 5.74) is 1.21. The van der Waals surface area contributed by atoms with E-state index in [2.05, 4.69) is 24.4 Å². The molecule has 0 bridgehead atoms. The van der Waals surface area contributed by atoms with E-state index in [0.29, 0.717) is 26.4 Å². The molecule has 1 aromatic carbocycles. The van der Waals surface area contributed by atoms with Crippen LogP contribution in [0.5, 0.6) is 5.75 Å². The van der Waals surface area contributed by atoms with Crippen LogP contribution >= 0.6 is 0 Å². The number of rotatable bonds is 11. The van der Waals surface area contributed by atoms with Gasteiger partial charge in [-0.2, -0.15) is 0 Å². The molecule has 4 heteroatoms. The molecule has 4 nitrogen and oxygen atoms in total. The van der Waals surface area contributed by atoms with Gasteiger partial charge in [0, 0.05) is 0 Å². The van der Waals surface area contributed by atoms with Crippen LogP contribution in [-0.2, 0) is 9.47 Å². The summed E-state index contributed by atoms with van der Waals surface area (Å²) in [5, 5.41) is 3.44. The molecule has 21 heavy (non-hydrogen) atoms. The van der Waals surface area contributed by atoms with Crippen molar-refractivity contribution < 1.29 is 14.2 Å². The first-order valence-electron chi connectivity index (χ1n) is 7.82. The molecule has 0 heterocycles. The highest BCUT2D eigenvalue weighted by Crippen LogP contribution is 2.18. The zero-order chi connectivity index (χ0) is 15.5. The Morgan fingerprint density at radius 2 is 1.76 bits per heavy atom. The zero-order valence-corrected chi connectivity index (χ0v) is 13.7. The molecule has 0 aliphatic rings. The van der Waals surface area contributed by atoms with Crippen molar-refractivity contribution >= 4 is 0 Å². The third-order valence-electron chi connectivity index (χ3n) is 3.01. The summed E-state index contributed by atoms with van der Waals surface area (Å²) in [7, 11) is 0. The van der Waals surface area contributed by atoms with Crippen molar-refractivity contribution in [3.63, 3.8) is 0 Å². The second kappa shape index (κ2) is 10.6. The smallest absolute Gasteiger partial charge is 0.119 e. The average Bonchev–Trinajstić information content (AvgIpc) is 2.47. The Kier molecular flexibility index (Phi) is 9.06. The lowest BCUT2D eigenvalue weighted by Crippen LogP contribution is -2.26. The van der Waals surface area contributed by atoms with Crippen molar-refractivity contribution in [1.29, 1.82) is 0 Å². The minimum absolute atomic E-state index is 0.199. The quantitative estimate of drug-likeness (QED) is 0.637. The van der Waals surface area contributed by atoms with Crippen LogP contribution in [-0.4, -0.2) is 39.1 Å². The van der Waals surface area contributed by atoms with Gasteiger partial charge in [-0.1, -0.05) is 19.1 Å². The topological polar surface area (TPSA) is 39.7 Å². The van der Waals surface area contributed by atoms with Gasteiger partial charge in [-0.05, 0) is 45.0 Å². The van der Waals surface area contributed by atoms with Crippen LogP contribution in [0.2, 0.25) is 0 Å². The van der Waals surface area contributed by atoms with Crippen molar-refractivity contribution in [2.75, 3.05) is 33.0 Å². The van der Waals surface area contributed by atoms with Gasteiger partial charge >= 0.3 is 0 Å². The van der Waals surface area contributed by atoms with Gasteiger partial charge in [0.05, 0.1) is 38.6 Å². The van der Waals surface area contributed by atoms with Gasteiger partial charge < -0.3 is 19.5 Å². The Labute approximate surface area is 128 Å². The highest BCUT2D eigenvalue weighted by molar-refractivity contribution is 5.29. The Bertz CT molecular complexity index is 365. The lowest BCUT2D eigenvalue weighted by Gasteiger charge is -2.19. The van der Waals surface area contributed by atoms with Crippen molar-refractivity contribution in [2.24, 2.45) is 0 Å².